The van der Waals surface area contributed by atoms with E-state index in [2.05, 4.69) is 19.2 Å². The molecule has 0 saturated heterocycles. The monoisotopic (exact) mass is 263 g/mol. The zero-order valence-electron chi connectivity index (χ0n) is 11.2. The second-order valence-corrected chi connectivity index (χ2v) is 7.06. The lowest BCUT2D eigenvalue weighted by molar-refractivity contribution is -0.119. The number of carbonyl (C=O) groups excluding carboxylic acids is 1. The molecule has 0 rings (SSSR count). The molecule has 5 heteroatoms. The number of hydrogen-bond acceptors (Lipinski definition) is 4. The molecule has 0 bridgehead atoms. The SMILES string of the molecule is CCS(=O)(=O)CCCC(=O)CCCNC(C)C. The first kappa shape index (κ1) is 16.6. The van der Waals surface area contributed by atoms with E-state index in [-0.39, 0.29) is 17.3 Å². The fourth-order valence-corrected chi connectivity index (χ4v) is 2.31. The zero-order valence-corrected chi connectivity index (χ0v) is 12.0. The molecule has 0 atom stereocenters. The second-order valence-electron chi connectivity index (χ2n) is 4.59. The Bertz CT molecular complexity index is 310. The fourth-order valence-electron chi connectivity index (χ4n) is 1.43. The summed E-state index contributed by atoms with van der Waals surface area (Å²) in [7, 11) is -2.92. The van der Waals surface area contributed by atoms with Gasteiger partial charge in [-0.3, -0.25) is 4.79 Å². The van der Waals surface area contributed by atoms with E-state index in [0.29, 0.717) is 25.3 Å². The average molecular weight is 263 g/mol. The third-order valence-corrected chi connectivity index (χ3v) is 4.33. The maximum absolute atomic E-state index is 11.4. The van der Waals surface area contributed by atoms with E-state index in [1.165, 1.54) is 0 Å². The Labute approximate surface area is 105 Å². The molecule has 0 radical (unpaired) electrons. The van der Waals surface area contributed by atoms with Gasteiger partial charge in [0, 0.05) is 24.6 Å². The third-order valence-electron chi connectivity index (χ3n) is 2.54. The van der Waals surface area contributed by atoms with Crippen molar-refractivity contribution < 1.29 is 13.2 Å². The Morgan fingerprint density at radius 1 is 1.18 bits per heavy atom. The maximum atomic E-state index is 11.4. The molecule has 0 aliphatic rings. The van der Waals surface area contributed by atoms with Crippen LogP contribution < -0.4 is 5.32 Å². The van der Waals surface area contributed by atoms with Crippen LogP contribution in [0.15, 0.2) is 0 Å². The van der Waals surface area contributed by atoms with Crippen LogP contribution in [-0.2, 0) is 14.6 Å². The summed E-state index contributed by atoms with van der Waals surface area (Å²) in [6.45, 7) is 6.61. The van der Waals surface area contributed by atoms with E-state index >= 15 is 0 Å². The maximum Gasteiger partial charge on any atom is 0.150 e. The van der Waals surface area contributed by atoms with Crippen LogP contribution >= 0.6 is 0 Å². The van der Waals surface area contributed by atoms with E-state index < -0.39 is 9.84 Å². The highest BCUT2D eigenvalue weighted by Crippen LogP contribution is 2.02. The van der Waals surface area contributed by atoms with Crippen molar-refractivity contribution in [1.82, 2.24) is 5.32 Å². The van der Waals surface area contributed by atoms with Crippen LogP contribution in [0.25, 0.3) is 0 Å². The van der Waals surface area contributed by atoms with Gasteiger partial charge in [-0.25, -0.2) is 8.42 Å². The summed E-state index contributed by atoms with van der Waals surface area (Å²) < 4.78 is 22.4. The Balaban J connectivity index is 3.54. The van der Waals surface area contributed by atoms with Gasteiger partial charge in [-0.05, 0) is 19.4 Å². The van der Waals surface area contributed by atoms with Crippen molar-refractivity contribution >= 4 is 15.6 Å². The molecule has 4 nitrogen and oxygen atoms in total. The molecular formula is C12H25NO3S. The van der Waals surface area contributed by atoms with Gasteiger partial charge in [-0.1, -0.05) is 20.8 Å². The lowest BCUT2D eigenvalue weighted by atomic mass is 10.1. The van der Waals surface area contributed by atoms with Gasteiger partial charge in [-0.15, -0.1) is 0 Å². The van der Waals surface area contributed by atoms with Crippen LogP contribution in [0, 0.1) is 0 Å². The van der Waals surface area contributed by atoms with Crippen LogP contribution in [0.5, 0.6) is 0 Å². The number of Topliss-reactive ketones (excluding diaryl/α,β-unsaturated/α-hetero) is 1. The largest absolute Gasteiger partial charge is 0.315 e. The summed E-state index contributed by atoms with van der Waals surface area (Å²) in [6, 6.07) is 0.444. The minimum absolute atomic E-state index is 0.138. The van der Waals surface area contributed by atoms with E-state index in [9.17, 15) is 13.2 Å². The van der Waals surface area contributed by atoms with E-state index in [1.807, 2.05) is 0 Å². The van der Waals surface area contributed by atoms with Gasteiger partial charge in [0.05, 0.1) is 5.75 Å². The Hall–Kier alpha value is -0.420. The summed E-state index contributed by atoms with van der Waals surface area (Å²) in [4.78, 5) is 11.4. The normalized spacial score (nSPS) is 12.0. The summed E-state index contributed by atoms with van der Waals surface area (Å²) in [5.74, 6) is 0.473. The van der Waals surface area contributed by atoms with Gasteiger partial charge in [0.2, 0.25) is 0 Å². The number of carbonyl (C=O) groups is 1. The lowest BCUT2D eigenvalue weighted by Crippen LogP contribution is -2.24. The molecule has 0 spiro atoms. The second kappa shape index (κ2) is 8.64. The van der Waals surface area contributed by atoms with Gasteiger partial charge in [0.1, 0.15) is 15.6 Å². The summed E-state index contributed by atoms with van der Waals surface area (Å²) in [6.07, 6.45) is 2.23. The van der Waals surface area contributed by atoms with Crippen molar-refractivity contribution in [1.29, 1.82) is 0 Å². The average Bonchev–Trinajstić information content (AvgIpc) is 2.24. The topological polar surface area (TPSA) is 63.2 Å². The van der Waals surface area contributed by atoms with Crippen molar-refractivity contribution in [3.63, 3.8) is 0 Å². The highest BCUT2D eigenvalue weighted by molar-refractivity contribution is 7.91. The summed E-state index contributed by atoms with van der Waals surface area (Å²) >= 11 is 0. The van der Waals surface area contributed by atoms with Gasteiger partial charge in [0.15, 0.2) is 0 Å². The smallest absolute Gasteiger partial charge is 0.150 e. The Kier molecular flexibility index (Phi) is 8.43. The van der Waals surface area contributed by atoms with Gasteiger partial charge in [-0.2, -0.15) is 0 Å². The molecule has 102 valence electrons. The fraction of sp³-hybridized carbons (Fsp3) is 0.917. The lowest BCUT2D eigenvalue weighted by Gasteiger charge is -2.07. The van der Waals surface area contributed by atoms with Crippen LogP contribution in [0.3, 0.4) is 0 Å². The van der Waals surface area contributed by atoms with Crippen molar-refractivity contribution in [2.45, 2.75) is 52.5 Å². The first-order valence-electron chi connectivity index (χ1n) is 6.33. The Morgan fingerprint density at radius 2 is 1.76 bits per heavy atom. The highest BCUT2D eigenvalue weighted by atomic mass is 32.2. The van der Waals surface area contributed by atoms with Gasteiger partial charge >= 0.3 is 0 Å². The van der Waals surface area contributed by atoms with Crippen LogP contribution in [0.4, 0.5) is 0 Å². The van der Waals surface area contributed by atoms with Crippen LogP contribution in [0.2, 0.25) is 0 Å². The first-order valence-corrected chi connectivity index (χ1v) is 8.15. The molecule has 0 saturated carbocycles. The molecule has 17 heavy (non-hydrogen) atoms. The number of nitrogens with one attached hydrogen (secondary N) is 1. The molecule has 0 fully saturated rings. The third kappa shape index (κ3) is 10.5. The minimum Gasteiger partial charge on any atom is -0.315 e. The molecular weight excluding hydrogens is 238 g/mol. The van der Waals surface area contributed by atoms with Crippen molar-refractivity contribution in [2.75, 3.05) is 18.1 Å². The molecule has 0 unspecified atom stereocenters. The molecule has 0 amide bonds. The standard InChI is InChI=1S/C12H25NO3S/c1-4-17(15,16)10-6-8-12(14)7-5-9-13-11(2)3/h11,13H,4-10H2,1-3H3. The molecule has 0 aliphatic carbocycles. The zero-order chi connectivity index (χ0) is 13.3. The molecule has 0 aliphatic heterocycles. The van der Waals surface area contributed by atoms with E-state index in [1.54, 1.807) is 6.92 Å². The van der Waals surface area contributed by atoms with E-state index in [0.717, 1.165) is 13.0 Å². The van der Waals surface area contributed by atoms with E-state index in [4.69, 9.17) is 0 Å². The number of ketones is 1. The highest BCUT2D eigenvalue weighted by Gasteiger charge is 2.09. The minimum atomic E-state index is -2.92. The Morgan fingerprint density at radius 3 is 2.29 bits per heavy atom. The van der Waals surface area contributed by atoms with Gasteiger partial charge in [0.25, 0.3) is 0 Å². The quantitative estimate of drug-likeness (QED) is 0.607. The van der Waals surface area contributed by atoms with Crippen LogP contribution in [0.1, 0.15) is 46.5 Å². The molecule has 0 heterocycles. The number of rotatable bonds is 10. The van der Waals surface area contributed by atoms with Gasteiger partial charge < -0.3 is 5.32 Å². The van der Waals surface area contributed by atoms with Crippen molar-refractivity contribution in [3.8, 4) is 0 Å². The molecule has 0 aromatic carbocycles. The van der Waals surface area contributed by atoms with Crippen molar-refractivity contribution in [2.24, 2.45) is 0 Å². The molecule has 0 aromatic heterocycles. The molecule has 0 aromatic rings. The number of sulfone groups is 1. The summed E-state index contributed by atoms with van der Waals surface area (Å²) in [5.41, 5.74) is 0. The first-order chi connectivity index (χ1) is 7.87. The predicted molar refractivity (Wildman–Crippen MR) is 70.9 cm³/mol. The molecule has 1 N–H and O–H groups in total. The van der Waals surface area contributed by atoms with Crippen molar-refractivity contribution in [3.05, 3.63) is 0 Å². The summed E-state index contributed by atoms with van der Waals surface area (Å²) in [5, 5.41) is 3.24. The number of hydrogen-bond donors (Lipinski definition) is 1. The predicted octanol–water partition coefficient (Wildman–Crippen LogP) is 1.55. The van der Waals surface area contributed by atoms with Crippen LogP contribution in [-0.4, -0.2) is 38.3 Å².